The Kier molecular flexibility index (Phi) is 3.54. The summed E-state index contributed by atoms with van der Waals surface area (Å²) < 4.78 is 3.58. The number of nitrogens with zero attached hydrogens (tertiary/aromatic N) is 1. The van der Waals surface area contributed by atoms with Crippen molar-refractivity contribution >= 4 is 37.7 Å². The molecule has 0 N–H and O–H groups in total. The maximum atomic E-state index is 3.69. The second kappa shape index (κ2) is 5.49. The van der Waals surface area contributed by atoms with Gasteiger partial charge in [-0.1, -0.05) is 39.2 Å². The predicted molar refractivity (Wildman–Crippen MR) is 107 cm³/mol. The summed E-state index contributed by atoms with van der Waals surface area (Å²) >= 11 is 3.69. The number of hydrogen-bond acceptors (Lipinski definition) is 0. The van der Waals surface area contributed by atoms with Gasteiger partial charge in [-0.2, -0.15) is 0 Å². The molecule has 4 rings (SSSR count). The van der Waals surface area contributed by atoms with Crippen molar-refractivity contribution in [2.45, 2.75) is 27.7 Å². The molecule has 0 saturated carbocycles. The van der Waals surface area contributed by atoms with E-state index in [0.717, 1.165) is 0 Å². The van der Waals surface area contributed by atoms with E-state index in [4.69, 9.17) is 0 Å². The zero-order valence-corrected chi connectivity index (χ0v) is 16.0. The summed E-state index contributed by atoms with van der Waals surface area (Å²) in [6.45, 7) is 8.63. The molecule has 3 aromatic carbocycles. The van der Waals surface area contributed by atoms with E-state index in [9.17, 15) is 0 Å². The molecule has 120 valence electrons. The van der Waals surface area contributed by atoms with Gasteiger partial charge in [0.2, 0.25) is 0 Å². The average molecular weight is 378 g/mol. The van der Waals surface area contributed by atoms with Crippen LogP contribution in [0.15, 0.2) is 53.0 Å². The molecule has 0 aliphatic rings. The molecular formula is C22H20BrN. The van der Waals surface area contributed by atoms with Crippen LogP contribution in [-0.2, 0) is 0 Å². The second-order valence-electron chi connectivity index (χ2n) is 6.77. The minimum absolute atomic E-state index is 1.19. The smallest absolute Gasteiger partial charge is 0.0541 e. The Morgan fingerprint density at radius 3 is 1.58 bits per heavy atom. The first-order valence-corrected chi connectivity index (χ1v) is 9.03. The predicted octanol–water partition coefficient (Wildman–Crippen LogP) is 6.78. The van der Waals surface area contributed by atoms with Crippen molar-refractivity contribution in [1.82, 2.24) is 4.57 Å². The van der Waals surface area contributed by atoms with E-state index < -0.39 is 0 Å². The van der Waals surface area contributed by atoms with Gasteiger partial charge >= 0.3 is 0 Å². The molecule has 0 amide bonds. The number of rotatable bonds is 1. The van der Waals surface area contributed by atoms with Crippen LogP contribution in [0.25, 0.3) is 27.5 Å². The Labute approximate surface area is 151 Å². The van der Waals surface area contributed by atoms with Crippen LogP contribution >= 0.6 is 15.9 Å². The van der Waals surface area contributed by atoms with E-state index in [-0.39, 0.29) is 0 Å². The molecule has 0 saturated heterocycles. The van der Waals surface area contributed by atoms with Crippen molar-refractivity contribution in [3.05, 3.63) is 75.3 Å². The van der Waals surface area contributed by atoms with Gasteiger partial charge in [0.25, 0.3) is 0 Å². The molecule has 24 heavy (non-hydrogen) atoms. The number of halogens is 1. The van der Waals surface area contributed by atoms with Crippen LogP contribution in [0.4, 0.5) is 0 Å². The van der Waals surface area contributed by atoms with Crippen LogP contribution in [0.3, 0.4) is 0 Å². The number of aromatic nitrogens is 1. The van der Waals surface area contributed by atoms with E-state index >= 15 is 0 Å². The second-order valence-corrected chi connectivity index (χ2v) is 7.56. The molecule has 0 aliphatic heterocycles. The summed E-state index contributed by atoms with van der Waals surface area (Å²) in [4.78, 5) is 0. The van der Waals surface area contributed by atoms with Gasteiger partial charge < -0.3 is 4.57 Å². The molecule has 1 nitrogen and oxygen atoms in total. The van der Waals surface area contributed by atoms with Gasteiger partial charge in [0.1, 0.15) is 0 Å². The maximum absolute atomic E-state index is 3.69. The van der Waals surface area contributed by atoms with E-state index in [1.165, 1.54) is 54.2 Å². The van der Waals surface area contributed by atoms with E-state index in [1.54, 1.807) is 0 Å². The minimum atomic E-state index is 1.19. The lowest BCUT2D eigenvalue weighted by Gasteiger charge is -2.12. The normalized spacial score (nSPS) is 11.5. The zero-order chi connectivity index (χ0) is 17.0. The van der Waals surface area contributed by atoms with Gasteiger partial charge in [-0.25, -0.2) is 0 Å². The van der Waals surface area contributed by atoms with Gasteiger partial charge in [-0.3, -0.25) is 0 Å². The number of aryl methyl sites for hydroxylation is 4. The lowest BCUT2D eigenvalue weighted by molar-refractivity contribution is 1.15. The first kappa shape index (κ1) is 15.5. The summed E-state index contributed by atoms with van der Waals surface area (Å²) in [6, 6.07) is 18.0. The van der Waals surface area contributed by atoms with Crippen molar-refractivity contribution in [2.75, 3.05) is 0 Å². The van der Waals surface area contributed by atoms with Gasteiger partial charge in [0.15, 0.2) is 0 Å². The highest BCUT2D eigenvalue weighted by Gasteiger charge is 2.14. The fourth-order valence-corrected chi connectivity index (χ4v) is 3.81. The van der Waals surface area contributed by atoms with Gasteiger partial charge in [0, 0.05) is 20.9 Å². The first-order valence-electron chi connectivity index (χ1n) is 8.24. The van der Waals surface area contributed by atoms with Crippen molar-refractivity contribution in [3.63, 3.8) is 0 Å². The van der Waals surface area contributed by atoms with Crippen LogP contribution in [0, 0.1) is 27.7 Å². The number of fused-ring (bicyclic) bond motifs is 3. The molecule has 0 bridgehead atoms. The third kappa shape index (κ3) is 2.29. The number of hydrogen-bond donors (Lipinski definition) is 0. The van der Waals surface area contributed by atoms with E-state index in [2.05, 4.69) is 96.7 Å². The summed E-state index contributed by atoms with van der Waals surface area (Å²) in [5.41, 5.74) is 8.88. The summed E-state index contributed by atoms with van der Waals surface area (Å²) in [5.74, 6) is 0. The Morgan fingerprint density at radius 2 is 1.12 bits per heavy atom. The average Bonchev–Trinajstić information content (AvgIpc) is 2.85. The lowest BCUT2D eigenvalue weighted by Crippen LogP contribution is -1.96. The Hall–Kier alpha value is -2.06. The summed E-state index contributed by atoms with van der Waals surface area (Å²) in [7, 11) is 0. The third-order valence-corrected chi connectivity index (χ3v) is 6.01. The van der Waals surface area contributed by atoms with E-state index in [0.29, 0.717) is 0 Å². The van der Waals surface area contributed by atoms with Crippen molar-refractivity contribution in [1.29, 1.82) is 0 Å². The molecule has 0 aliphatic carbocycles. The first-order chi connectivity index (χ1) is 11.5. The van der Waals surface area contributed by atoms with Crippen molar-refractivity contribution in [3.8, 4) is 5.69 Å². The van der Waals surface area contributed by atoms with Crippen molar-refractivity contribution < 1.29 is 0 Å². The van der Waals surface area contributed by atoms with Crippen LogP contribution < -0.4 is 0 Å². The molecule has 0 radical (unpaired) electrons. The monoisotopic (exact) mass is 377 g/mol. The highest BCUT2D eigenvalue weighted by Crippen LogP contribution is 2.34. The Morgan fingerprint density at radius 1 is 0.667 bits per heavy atom. The number of benzene rings is 3. The molecular weight excluding hydrogens is 358 g/mol. The molecule has 0 atom stereocenters. The third-order valence-electron chi connectivity index (χ3n) is 4.76. The van der Waals surface area contributed by atoms with Crippen LogP contribution in [0.5, 0.6) is 0 Å². The van der Waals surface area contributed by atoms with Crippen molar-refractivity contribution in [2.24, 2.45) is 0 Å². The van der Waals surface area contributed by atoms with Gasteiger partial charge in [-0.15, -0.1) is 0 Å². The molecule has 1 heterocycles. The Bertz CT molecular complexity index is 1020. The highest BCUT2D eigenvalue weighted by molar-refractivity contribution is 9.10. The summed E-state index contributed by atoms with van der Waals surface area (Å²) in [5, 5.41) is 2.65. The van der Waals surface area contributed by atoms with Gasteiger partial charge in [0.05, 0.1) is 11.0 Å². The van der Waals surface area contributed by atoms with Crippen LogP contribution in [0.1, 0.15) is 22.3 Å². The molecule has 1 aromatic heterocycles. The fraction of sp³-hybridized carbons (Fsp3) is 0.182. The fourth-order valence-electron chi connectivity index (χ4n) is 3.58. The quantitative estimate of drug-likeness (QED) is 0.344. The lowest BCUT2D eigenvalue weighted by atomic mass is 10.1. The Balaban J connectivity index is 2.18. The minimum Gasteiger partial charge on any atom is -0.309 e. The summed E-state index contributed by atoms with van der Waals surface area (Å²) in [6.07, 6.45) is 0. The largest absolute Gasteiger partial charge is 0.309 e. The maximum Gasteiger partial charge on any atom is 0.0541 e. The molecule has 2 heteroatoms. The van der Waals surface area contributed by atoms with E-state index in [1.807, 2.05) is 0 Å². The highest BCUT2D eigenvalue weighted by atomic mass is 79.9. The standard InChI is InChI=1S/C22H20BrN/c1-13-5-7-20-18(9-13)19-10-14(2)6-8-21(19)24(20)17-11-15(3)22(23)16(4)12-17/h5-12H,1-4H3. The zero-order valence-electron chi connectivity index (χ0n) is 14.4. The molecule has 0 unspecified atom stereocenters. The molecule has 0 spiro atoms. The topological polar surface area (TPSA) is 4.93 Å². The molecule has 4 aromatic rings. The SMILES string of the molecule is Cc1ccc2c(c1)c1cc(C)ccc1n2-c1cc(C)c(Br)c(C)c1. The van der Waals surface area contributed by atoms with Crippen LogP contribution in [-0.4, -0.2) is 4.57 Å². The molecule has 0 fully saturated rings. The van der Waals surface area contributed by atoms with Crippen LogP contribution in [0.2, 0.25) is 0 Å². The van der Waals surface area contributed by atoms with Gasteiger partial charge in [-0.05, 0) is 75.2 Å².